The van der Waals surface area contributed by atoms with Crippen LogP contribution in [0.4, 0.5) is 13.2 Å². The fourth-order valence-electron chi connectivity index (χ4n) is 4.96. The minimum atomic E-state index is -5.00. The molecule has 43 heavy (non-hydrogen) atoms. The van der Waals surface area contributed by atoms with Gasteiger partial charge >= 0.3 is 12.1 Å². The van der Waals surface area contributed by atoms with Gasteiger partial charge in [0.15, 0.2) is 11.5 Å². The summed E-state index contributed by atoms with van der Waals surface area (Å²) in [4.78, 5) is 32.4. The number of benzene rings is 4. The van der Waals surface area contributed by atoms with E-state index in [0.29, 0.717) is 16.7 Å². The molecule has 0 bridgehead atoms. The summed E-state index contributed by atoms with van der Waals surface area (Å²) in [5.74, 6) is -2.87. The zero-order chi connectivity index (χ0) is 30.1. The molecule has 0 fully saturated rings. The van der Waals surface area contributed by atoms with E-state index in [1.807, 2.05) is 42.5 Å². The molecular weight excluding hydrogens is 559 g/mol. The van der Waals surface area contributed by atoms with Gasteiger partial charge in [0.1, 0.15) is 17.2 Å². The van der Waals surface area contributed by atoms with Crippen LogP contribution in [0.15, 0.2) is 108 Å². The number of nitrogens with zero attached hydrogens (tertiary/aromatic N) is 2. The van der Waals surface area contributed by atoms with E-state index in [-0.39, 0.29) is 12.2 Å². The number of carbonyl (C=O) groups is 2. The lowest BCUT2D eigenvalue weighted by molar-refractivity contribution is -0.141. The smallest absolute Gasteiger partial charge is 0.434 e. The third-order valence-electron chi connectivity index (χ3n) is 7.05. The molecule has 0 aliphatic carbocycles. The average Bonchev–Trinajstić information content (AvgIpc) is 3.39. The highest BCUT2D eigenvalue weighted by atomic mass is 19.4. The number of carboxylic acid groups (broad SMARTS) is 1. The molecule has 2 heterocycles. The highest BCUT2D eigenvalue weighted by Crippen LogP contribution is 2.36. The van der Waals surface area contributed by atoms with Gasteiger partial charge in [-0.1, -0.05) is 91.0 Å². The van der Waals surface area contributed by atoms with Crippen molar-refractivity contribution in [1.29, 1.82) is 0 Å². The van der Waals surface area contributed by atoms with Crippen molar-refractivity contribution in [3.63, 3.8) is 0 Å². The van der Waals surface area contributed by atoms with Crippen LogP contribution >= 0.6 is 0 Å². The molecule has 0 saturated heterocycles. The number of para-hydroxylation sites is 2. The van der Waals surface area contributed by atoms with E-state index in [1.165, 1.54) is 0 Å². The molecule has 6 rings (SSSR count). The summed E-state index contributed by atoms with van der Waals surface area (Å²) in [6.07, 6.45) is -4.35. The molecule has 4 aromatic carbocycles. The Hall–Kier alpha value is -5.51. The zero-order valence-electron chi connectivity index (χ0n) is 22.3. The molecule has 0 spiro atoms. The summed E-state index contributed by atoms with van der Waals surface area (Å²) < 4.78 is 48.3. The summed E-state index contributed by atoms with van der Waals surface area (Å²) in [5, 5.41) is 13.7. The molecule has 1 unspecified atom stereocenters. The minimum absolute atomic E-state index is 0.115. The molecule has 0 aliphatic heterocycles. The second-order valence-corrected chi connectivity index (χ2v) is 9.87. The summed E-state index contributed by atoms with van der Waals surface area (Å²) in [6, 6.07) is 27.0. The first-order valence-corrected chi connectivity index (χ1v) is 13.2. The summed E-state index contributed by atoms with van der Waals surface area (Å²) in [5.41, 5.74) is 1.58. The number of amides is 1. The maximum atomic E-state index is 14.1. The Kier molecular flexibility index (Phi) is 7.11. The standard InChI is InChI=1S/C33H22F3N3O4/c34-33(35,36)29-25(31(40)38-26(32(41)42)17-19-7-2-1-3-8-19)18-37-30(39-29)21-15-13-20(14-16-21)22-10-6-11-24-23-9-4-5-12-27(23)43-28(22)24/h1-16,18,26H,17H2,(H,38,40)(H,41,42). The molecule has 6 aromatic rings. The first-order valence-electron chi connectivity index (χ1n) is 13.2. The summed E-state index contributed by atoms with van der Waals surface area (Å²) in [6.45, 7) is 0. The average molecular weight is 582 g/mol. The molecular formula is C33H22F3N3O4. The van der Waals surface area contributed by atoms with E-state index in [2.05, 4.69) is 15.3 Å². The highest BCUT2D eigenvalue weighted by Gasteiger charge is 2.39. The van der Waals surface area contributed by atoms with E-state index in [9.17, 15) is 27.9 Å². The van der Waals surface area contributed by atoms with Crippen molar-refractivity contribution in [2.24, 2.45) is 0 Å². The van der Waals surface area contributed by atoms with Crippen molar-refractivity contribution in [3.8, 4) is 22.5 Å². The van der Waals surface area contributed by atoms with E-state index >= 15 is 0 Å². The number of alkyl halides is 3. The Balaban J connectivity index is 1.30. The lowest BCUT2D eigenvalue weighted by atomic mass is 10.0. The number of hydrogen-bond donors (Lipinski definition) is 2. The first-order chi connectivity index (χ1) is 20.7. The van der Waals surface area contributed by atoms with E-state index in [4.69, 9.17) is 4.42 Å². The van der Waals surface area contributed by atoms with E-state index in [0.717, 1.165) is 33.7 Å². The molecule has 7 nitrogen and oxygen atoms in total. The normalized spacial score (nSPS) is 12.3. The maximum absolute atomic E-state index is 14.1. The number of hydrogen-bond acceptors (Lipinski definition) is 5. The number of carboxylic acids is 1. The van der Waals surface area contributed by atoms with Crippen molar-refractivity contribution in [1.82, 2.24) is 15.3 Å². The second kappa shape index (κ2) is 11.1. The van der Waals surface area contributed by atoms with Gasteiger partial charge in [0.25, 0.3) is 5.91 Å². The maximum Gasteiger partial charge on any atom is 0.434 e. The Bertz CT molecular complexity index is 1970. The summed E-state index contributed by atoms with van der Waals surface area (Å²) in [7, 11) is 0. The lowest BCUT2D eigenvalue weighted by Crippen LogP contribution is -2.43. The van der Waals surface area contributed by atoms with Crippen LogP contribution in [-0.2, 0) is 17.4 Å². The van der Waals surface area contributed by atoms with Gasteiger partial charge in [-0.2, -0.15) is 13.2 Å². The van der Waals surface area contributed by atoms with Gasteiger partial charge in [-0.3, -0.25) is 4.79 Å². The zero-order valence-corrected chi connectivity index (χ0v) is 22.3. The van der Waals surface area contributed by atoms with Crippen LogP contribution in [0, 0.1) is 0 Å². The van der Waals surface area contributed by atoms with Crippen molar-refractivity contribution in [3.05, 3.63) is 120 Å². The van der Waals surface area contributed by atoms with Crippen molar-refractivity contribution < 1.29 is 32.3 Å². The number of carbonyl (C=O) groups excluding carboxylic acids is 1. The van der Waals surface area contributed by atoms with Crippen LogP contribution in [0.5, 0.6) is 0 Å². The largest absolute Gasteiger partial charge is 0.480 e. The van der Waals surface area contributed by atoms with E-state index in [1.54, 1.807) is 54.6 Å². The van der Waals surface area contributed by atoms with Crippen LogP contribution < -0.4 is 5.32 Å². The van der Waals surface area contributed by atoms with Crippen molar-refractivity contribution in [2.75, 3.05) is 0 Å². The number of nitrogens with one attached hydrogen (secondary N) is 1. The Morgan fingerprint density at radius 1 is 0.837 bits per heavy atom. The van der Waals surface area contributed by atoms with Gasteiger partial charge in [0, 0.05) is 34.5 Å². The lowest BCUT2D eigenvalue weighted by Gasteiger charge is -2.17. The molecule has 0 radical (unpaired) electrons. The monoisotopic (exact) mass is 581 g/mol. The third kappa shape index (κ3) is 5.54. The third-order valence-corrected chi connectivity index (χ3v) is 7.05. The van der Waals surface area contributed by atoms with Gasteiger partial charge in [0.2, 0.25) is 0 Å². The number of rotatable bonds is 7. The van der Waals surface area contributed by atoms with Gasteiger partial charge in [-0.25, -0.2) is 14.8 Å². The fraction of sp³-hybridized carbons (Fsp3) is 0.0909. The molecule has 10 heteroatoms. The highest BCUT2D eigenvalue weighted by molar-refractivity contribution is 6.09. The van der Waals surface area contributed by atoms with Crippen molar-refractivity contribution in [2.45, 2.75) is 18.6 Å². The van der Waals surface area contributed by atoms with Gasteiger partial charge in [-0.15, -0.1) is 0 Å². The van der Waals surface area contributed by atoms with Crippen LogP contribution in [-0.4, -0.2) is 33.0 Å². The topological polar surface area (TPSA) is 105 Å². The van der Waals surface area contributed by atoms with Crippen molar-refractivity contribution >= 4 is 33.8 Å². The van der Waals surface area contributed by atoms with Crippen LogP contribution in [0.25, 0.3) is 44.5 Å². The molecule has 1 amide bonds. The number of furan rings is 1. The molecule has 0 aliphatic rings. The minimum Gasteiger partial charge on any atom is -0.480 e. The quantitative estimate of drug-likeness (QED) is 0.207. The predicted octanol–water partition coefficient (Wildman–Crippen LogP) is 7.15. The van der Waals surface area contributed by atoms with E-state index < -0.39 is 35.4 Å². The first kappa shape index (κ1) is 27.6. The van der Waals surface area contributed by atoms with Crippen LogP contribution in [0.2, 0.25) is 0 Å². The number of halogens is 3. The molecule has 0 saturated carbocycles. The molecule has 214 valence electrons. The van der Waals surface area contributed by atoms with Gasteiger partial charge in [0.05, 0.1) is 5.56 Å². The predicted molar refractivity (Wildman–Crippen MR) is 154 cm³/mol. The molecule has 2 aromatic heterocycles. The SMILES string of the molecule is O=C(NC(Cc1ccccc1)C(=O)O)c1cnc(-c2ccc(-c3cccc4c3oc3ccccc34)cc2)nc1C(F)(F)F. The summed E-state index contributed by atoms with van der Waals surface area (Å²) >= 11 is 0. The second-order valence-electron chi connectivity index (χ2n) is 9.87. The van der Waals surface area contributed by atoms with Crippen LogP contribution in [0.1, 0.15) is 21.6 Å². The number of aromatic nitrogens is 2. The molecule has 2 N–H and O–H groups in total. The van der Waals surface area contributed by atoms with Crippen LogP contribution in [0.3, 0.4) is 0 Å². The van der Waals surface area contributed by atoms with Gasteiger partial charge < -0.3 is 14.8 Å². The Morgan fingerprint density at radius 2 is 1.51 bits per heavy atom. The Labute approximate surface area is 242 Å². The fourth-order valence-corrected chi connectivity index (χ4v) is 4.96. The molecule has 1 atom stereocenters. The van der Waals surface area contributed by atoms with Gasteiger partial charge in [-0.05, 0) is 17.2 Å². The number of fused-ring (bicyclic) bond motifs is 3. The number of aliphatic carboxylic acids is 1. The Morgan fingerprint density at radius 3 is 2.23 bits per heavy atom.